The molecule has 9 atom stereocenters. The lowest BCUT2D eigenvalue weighted by molar-refractivity contribution is -0.141. The molecule has 4 aliphatic carbocycles. The van der Waals surface area contributed by atoms with Gasteiger partial charge in [0.05, 0.1) is 38.0 Å². The zero-order valence-corrected chi connectivity index (χ0v) is 60.0. The van der Waals surface area contributed by atoms with Crippen molar-refractivity contribution in [3.05, 3.63) is 144 Å². The maximum atomic E-state index is 13.9. The molecule has 570 valence electrons. The van der Waals surface area contributed by atoms with Gasteiger partial charge in [0.15, 0.2) is 0 Å². The van der Waals surface area contributed by atoms with Gasteiger partial charge in [-0.1, -0.05) is 227 Å². The van der Waals surface area contributed by atoms with Crippen LogP contribution in [0.25, 0.3) is 0 Å². The van der Waals surface area contributed by atoms with Gasteiger partial charge in [-0.05, 0) is 107 Å². The van der Waals surface area contributed by atoms with Crippen LogP contribution in [-0.4, -0.2) is 132 Å². The van der Waals surface area contributed by atoms with Gasteiger partial charge in [-0.2, -0.15) is 0 Å². The van der Waals surface area contributed by atoms with Crippen molar-refractivity contribution in [2.75, 3.05) is 13.1 Å². The van der Waals surface area contributed by atoms with E-state index >= 15 is 0 Å². The molecular weight excluding hydrogens is 1360 g/mol. The smallest absolute Gasteiger partial charge is 0.290 e. The van der Waals surface area contributed by atoms with Crippen LogP contribution in [0.15, 0.2) is 121 Å². The summed E-state index contributed by atoms with van der Waals surface area (Å²) in [4.78, 5) is 183. The van der Waals surface area contributed by atoms with Crippen molar-refractivity contribution in [2.45, 2.75) is 218 Å². The summed E-state index contributed by atoms with van der Waals surface area (Å²) >= 11 is 0. The van der Waals surface area contributed by atoms with Gasteiger partial charge < -0.3 is 64.0 Å². The molecule has 27 heteroatoms. The summed E-state index contributed by atoms with van der Waals surface area (Å²) in [7, 11) is 2.08. The number of primary amides is 1. The monoisotopic (exact) mass is 1470 g/mol. The molecule has 26 nitrogen and oxygen atoms in total. The summed E-state index contributed by atoms with van der Waals surface area (Å²) < 4.78 is 0. The summed E-state index contributed by atoms with van der Waals surface area (Å²) in [6.07, 6.45) is 14.8. The van der Waals surface area contributed by atoms with Crippen LogP contribution in [0, 0.1) is 23.7 Å². The number of ketones is 2. The predicted molar refractivity (Wildman–Crippen MR) is 401 cm³/mol. The Balaban J connectivity index is 0.000000370. The van der Waals surface area contributed by atoms with E-state index in [1.807, 2.05) is 60.7 Å². The maximum Gasteiger partial charge on any atom is 0.290 e. The highest BCUT2D eigenvalue weighted by molar-refractivity contribution is 7.15. The number of benzene rings is 4. The molecule has 0 heterocycles. The van der Waals surface area contributed by atoms with Crippen LogP contribution in [0.5, 0.6) is 0 Å². The molecule has 4 fully saturated rings. The quantitative estimate of drug-likeness (QED) is 0.0195. The molecule has 4 aromatic rings. The first-order valence-electron chi connectivity index (χ1n) is 36.1. The van der Waals surface area contributed by atoms with E-state index in [1.54, 1.807) is 74.5 Å². The van der Waals surface area contributed by atoms with E-state index in [0.29, 0.717) is 36.8 Å². The second kappa shape index (κ2) is 44.8. The van der Waals surface area contributed by atoms with Gasteiger partial charge in [0.25, 0.3) is 11.8 Å². The number of hydrogen-bond donors (Lipinski definition) is 12. The SMILES string of the molecule is C.C.CCCC(NC(=O)[C@H](CC1CC1)NC(=O)[C@@H](NC(=O)Cc1ccccc1)C1CCCCC1)C(=O)C(=O)NCC(=O)N[C@H](C(=O)NP)c1ccccc1.CCCC(NC(=O)[C@H](CC1CC1)NC(=O)[C@@H](NC(=O)Cc1ccccc1)C1CCCCC1)C(=O)C(=O)NCC(=O)N[C@H](C(N)=O)c1ccccc1. The van der Waals surface area contributed by atoms with Gasteiger partial charge in [0.2, 0.25) is 70.6 Å². The molecule has 0 saturated heterocycles. The number of hydrogen-bond acceptors (Lipinski definition) is 14. The Bertz CT molecular complexity index is 3540. The average Bonchev–Trinajstić information content (AvgIpc) is 1.78. The van der Waals surface area contributed by atoms with Crippen LogP contribution in [0.4, 0.5) is 0 Å². The topological polar surface area (TPSA) is 397 Å². The van der Waals surface area contributed by atoms with Crippen LogP contribution in [0.1, 0.15) is 191 Å². The molecule has 0 aromatic heterocycles. The molecule has 3 unspecified atom stereocenters. The Kier molecular flexibility index (Phi) is 36.7. The minimum Gasteiger partial charge on any atom is -0.368 e. The van der Waals surface area contributed by atoms with E-state index in [1.165, 1.54) is 0 Å². The number of rotatable bonds is 38. The molecule has 105 heavy (non-hydrogen) atoms. The fraction of sp³-hybridized carbons (Fsp3) is 0.513. The summed E-state index contributed by atoms with van der Waals surface area (Å²) in [5.41, 5.74) is 8.08. The average molecular weight is 1470 g/mol. The number of nitrogens with one attached hydrogen (secondary N) is 11. The number of carbonyl (C=O) groups is 14. The molecular formula is C78H109N12O14P. The van der Waals surface area contributed by atoms with Gasteiger partial charge in [0.1, 0.15) is 36.3 Å². The lowest BCUT2D eigenvalue weighted by Gasteiger charge is -2.31. The fourth-order valence-corrected chi connectivity index (χ4v) is 13.2. The Morgan fingerprint density at radius 2 is 0.724 bits per heavy atom. The van der Waals surface area contributed by atoms with Crippen molar-refractivity contribution in [3.8, 4) is 0 Å². The van der Waals surface area contributed by atoms with Crippen molar-refractivity contribution in [3.63, 3.8) is 0 Å². The van der Waals surface area contributed by atoms with Crippen molar-refractivity contribution < 1.29 is 67.1 Å². The lowest BCUT2D eigenvalue weighted by Crippen LogP contribution is -2.58. The van der Waals surface area contributed by atoms with E-state index in [0.717, 1.165) is 101 Å². The first-order chi connectivity index (χ1) is 49.6. The summed E-state index contributed by atoms with van der Waals surface area (Å²) in [6.45, 7) is 2.41. The maximum absolute atomic E-state index is 13.9. The molecule has 4 aliphatic rings. The van der Waals surface area contributed by atoms with Crippen molar-refractivity contribution >= 4 is 91.8 Å². The summed E-state index contributed by atoms with van der Waals surface area (Å²) in [6, 6.07) is 27.2. The van der Waals surface area contributed by atoms with E-state index in [2.05, 4.69) is 67.6 Å². The first-order valence-corrected chi connectivity index (χ1v) is 36.7. The highest BCUT2D eigenvalue weighted by Gasteiger charge is 2.40. The Morgan fingerprint density at radius 3 is 1.06 bits per heavy atom. The van der Waals surface area contributed by atoms with Crippen LogP contribution in [-0.2, 0) is 80.0 Å². The third kappa shape index (κ3) is 29.0. The van der Waals surface area contributed by atoms with Crippen LogP contribution >= 0.6 is 9.39 Å². The Labute approximate surface area is 618 Å². The number of amides is 12. The third-order valence-electron chi connectivity index (χ3n) is 18.9. The highest BCUT2D eigenvalue weighted by atomic mass is 31.0. The van der Waals surface area contributed by atoms with Gasteiger partial charge in [0, 0.05) is 0 Å². The van der Waals surface area contributed by atoms with Crippen LogP contribution < -0.4 is 64.0 Å². The van der Waals surface area contributed by atoms with Crippen molar-refractivity contribution in [1.82, 2.24) is 58.3 Å². The second-order valence-corrected chi connectivity index (χ2v) is 27.5. The zero-order valence-electron chi connectivity index (χ0n) is 58.8. The number of carbonyl (C=O) groups excluding carboxylic acids is 14. The molecule has 0 aliphatic heterocycles. The van der Waals surface area contributed by atoms with Gasteiger partial charge in [-0.15, -0.1) is 0 Å². The standard InChI is InChI=1S/C38H51N6O7P.C38H50N6O7.2CH4/c1-2-12-28(34(47)38(51)39-23-31(46)43-33(37(50)44-52)27-17-10-5-11-18-27)40-35(48)29(21-25-19-20-25)41-36(49)32(26-15-8-4-9-16-26)42-30(45)22-24-13-6-3-7-14-24;1-2-12-28(34(47)38(51)40-23-31(46)44-32(35(39)48)26-15-8-4-9-16-26)41-36(49)29(21-25-19-20-25)42-37(50)33(27-17-10-5-11-18-27)43-30(45)22-24-13-6-3-7-14-24;;/h3,5-7,10-11,13-14,17-18,25-26,28-29,32-33H,2,4,8-9,12,15-16,19-23,52H2,1H3,(H,39,51)(H,40,48)(H,41,49)(H,42,45)(H,43,46)(H,44,50);3-4,6-9,13-16,25,27-29,32-33H,2,5,10-12,17-23H2,1H3,(H2,39,48)(H,40,51)(H,41,49)(H,42,50)(H,43,45)(H,44,46);2*1H4/t2*28?,29-,32-,33-;;/m00../s1. The van der Waals surface area contributed by atoms with Crippen LogP contribution in [0.3, 0.4) is 0 Å². The predicted octanol–water partition coefficient (Wildman–Crippen LogP) is 5.48. The van der Waals surface area contributed by atoms with Crippen LogP contribution in [0.2, 0.25) is 0 Å². The molecule has 13 N–H and O–H groups in total. The minimum absolute atomic E-state index is 0. The van der Waals surface area contributed by atoms with Gasteiger partial charge in [-0.3, -0.25) is 67.1 Å². The van der Waals surface area contributed by atoms with Crippen molar-refractivity contribution in [1.29, 1.82) is 0 Å². The Morgan fingerprint density at radius 1 is 0.390 bits per heavy atom. The van der Waals surface area contributed by atoms with E-state index in [4.69, 9.17) is 5.73 Å². The Hall–Kier alpha value is -9.71. The highest BCUT2D eigenvalue weighted by Crippen LogP contribution is 2.35. The molecule has 0 radical (unpaired) electrons. The fourth-order valence-electron chi connectivity index (χ4n) is 13.0. The molecule has 8 rings (SSSR count). The van der Waals surface area contributed by atoms with E-state index < -0.39 is 132 Å². The van der Waals surface area contributed by atoms with Gasteiger partial charge in [-0.25, -0.2) is 0 Å². The lowest BCUT2D eigenvalue weighted by atomic mass is 9.83. The summed E-state index contributed by atoms with van der Waals surface area (Å²) in [5, 5.41) is 29.0. The third-order valence-corrected chi connectivity index (χ3v) is 19.2. The summed E-state index contributed by atoms with van der Waals surface area (Å²) in [5.74, 6) is -9.11. The molecule has 0 spiro atoms. The number of Topliss-reactive ketones (excluding diaryl/α,β-unsaturated/α-hetero) is 2. The number of nitrogens with two attached hydrogens (primary N) is 1. The molecule has 12 amide bonds. The molecule has 4 saturated carbocycles. The van der Waals surface area contributed by atoms with E-state index in [9.17, 15) is 67.1 Å². The molecule has 0 bridgehead atoms. The largest absolute Gasteiger partial charge is 0.368 e. The van der Waals surface area contributed by atoms with E-state index in [-0.39, 0.29) is 76.0 Å². The first kappa shape index (κ1) is 85.9. The van der Waals surface area contributed by atoms with Crippen molar-refractivity contribution in [2.24, 2.45) is 29.4 Å². The molecule has 4 aromatic carbocycles. The zero-order chi connectivity index (χ0) is 74.2. The van der Waals surface area contributed by atoms with Gasteiger partial charge >= 0.3 is 0 Å². The second-order valence-electron chi connectivity index (χ2n) is 27.2. The minimum atomic E-state index is -1.20. The normalized spacial score (nSPS) is 16.3.